The van der Waals surface area contributed by atoms with Gasteiger partial charge in [0.25, 0.3) is 0 Å². The van der Waals surface area contributed by atoms with E-state index in [4.69, 9.17) is 4.74 Å². The highest BCUT2D eigenvalue weighted by Gasteiger charge is 2.34. The van der Waals surface area contributed by atoms with Gasteiger partial charge in [0, 0.05) is 19.5 Å². The van der Waals surface area contributed by atoms with Crippen molar-refractivity contribution in [3.05, 3.63) is 15.6 Å². The Bertz CT molecular complexity index is 472. The average Bonchev–Trinajstić information content (AvgIpc) is 2.93. The summed E-state index contributed by atoms with van der Waals surface area (Å²) in [6.45, 7) is 6.41. The quantitative estimate of drug-likeness (QED) is 0.770. The molecule has 18 heavy (non-hydrogen) atoms. The first-order valence-electron chi connectivity index (χ1n) is 6.49. The summed E-state index contributed by atoms with van der Waals surface area (Å²) >= 11 is 1.50. The van der Waals surface area contributed by atoms with Gasteiger partial charge in [-0.25, -0.2) is 4.98 Å². The molecule has 1 aromatic rings. The number of thiazole rings is 1. The zero-order valence-corrected chi connectivity index (χ0v) is 11.6. The highest BCUT2D eigenvalue weighted by Crippen LogP contribution is 2.33. The Morgan fingerprint density at radius 2 is 2.39 bits per heavy atom. The number of ether oxygens (including phenoxy) is 1. The first kappa shape index (κ1) is 12.3. The van der Waals surface area contributed by atoms with E-state index in [9.17, 15) is 4.79 Å². The Hall–Kier alpha value is -0.780. The summed E-state index contributed by atoms with van der Waals surface area (Å²) in [6, 6.07) is 0.606. The Morgan fingerprint density at radius 3 is 3.11 bits per heavy atom. The van der Waals surface area contributed by atoms with E-state index in [-0.39, 0.29) is 11.9 Å². The van der Waals surface area contributed by atoms with E-state index in [1.807, 2.05) is 6.92 Å². The van der Waals surface area contributed by atoms with E-state index in [0.717, 1.165) is 28.7 Å². The minimum Gasteiger partial charge on any atom is -0.368 e. The monoisotopic (exact) mass is 266 g/mol. The first-order chi connectivity index (χ1) is 8.65. The number of hydrogen-bond donors (Lipinski definition) is 0. The van der Waals surface area contributed by atoms with Gasteiger partial charge < -0.3 is 4.74 Å². The summed E-state index contributed by atoms with van der Waals surface area (Å²) in [5.74, 6) is 0.103. The second-order valence-electron chi connectivity index (χ2n) is 5.14. The average molecular weight is 266 g/mol. The number of carbonyl (C=O) groups is 1. The fourth-order valence-electron chi connectivity index (χ4n) is 2.85. The van der Waals surface area contributed by atoms with E-state index >= 15 is 0 Å². The van der Waals surface area contributed by atoms with Gasteiger partial charge in [0.1, 0.15) is 11.1 Å². The van der Waals surface area contributed by atoms with Crippen LogP contribution in [0, 0.1) is 6.92 Å². The number of carbonyl (C=O) groups excluding carboxylic acids is 1. The van der Waals surface area contributed by atoms with Crippen molar-refractivity contribution < 1.29 is 9.53 Å². The Balaban J connectivity index is 1.78. The lowest BCUT2D eigenvalue weighted by atomic mass is 10.2. The molecular formula is C13H18N2O2S. The van der Waals surface area contributed by atoms with Crippen LogP contribution in [-0.2, 0) is 4.74 Å². The number of nitrogens with zero attached hydrogens (tertiary/aromatic N) is 2. The molecule has 2 aliphatic rings. The molecule has 0 unspecified atom stereocenters. The second kappa shape index (κ2) is 4.72. The van der Waals surface area contributed by atoms with Crippen LogP contribution in [0.15, 0.2) is 0 Å². The minimum atomic E-state index is 0.0520. The lowest BCUT2D eigenvalue weighted by Gasteiger charge is -2.34. The van der Waals surface area contributed by atoms with Gasteiger partial charge >= 0.3 is 0 Å². The van der Waals surface area contributed by atoms with E-state index in [2.05, 4.69) is 9.88 Å². The van der Waals surface area contributed by atoms with Crippen molar-refractivity contribution in [2.24, 2.45) is 0 Å². The number of morpholine rings is 1. The van der Waals surface area contributed by atoms with Crippen molar-refractivity contribution in [2.75, 3.05) is 19.7 Å². The van der Waals surface area contributed by atoms with Crippen LogP contribution in [0.4, 0.5) is 0 Å². The molecule has 0 aliphatic carbocycles. The van der Waals surface area contributed by atoms with E-state index in [1.54, 1.807) is 6.92 Å². The van der Waals surface area contributed by atoms with Gasteiger partial charge in [-0.2, -0.15) is 0 Å². The number of rotatable bonds is 2. The molecule has 0 N–H and O–H groups in total. The van der Waals surface area contributed by atoms with Gasteiger partial charge in [-0.1, -0.05) is 0 Å². The van der Waals surface area contributed by atoms with E-state index in [1.165, 1.54) is 30.7 Å². The van der Waals surface area contributed by atoms with Crippen molar-refractivity contribution in [3.63, 3.8) is 0 Å². The Kier molecular flexibility index (Phi) is 3.21. The molecule has 0 amide bonds. The van der Waals surface area contributed by atoms with Gasteiger partial charge in [-0.15, -0.1) is 11.3 Å². The zero-order valence-electron chi connectivity index (χ0n) is 10.8. The molecule has 0 aromatic carbocycles. The molecule has 0 radical (unpaired) electrons. The van der Waals surface area contributed by atoms with E-state index < -0.39 is 0 Å². The summed E-state index contributed by atoms with van der Waals surface area (Å²) in [7, 11) is 0. The number of ketones is 1. The molecule has 3 heterocycles. The molecule has 2 saturated heterocycles. The first-order valence-corrected chi connectivity index (χ1v) is 7.30. The number of fused-ring (bicyclic) bond motifs is 1. The zero-order chi connectivity index (χ0) is 12.7. The third kappa shape index (κ3) is 2.11. The van der Waals surface area contributed by atoms with Crippen molar-refractivity contribution in [2.45, 2.75) is 38.8 Å². The third-order valence-electron chi connectivity index (χ3n) is 3.80. The summed E-state index contributed by atoms with van der Waals surface area (Å²) in [6.07, 6.45) is 2.58. The van der Waals surface area contributed by atoms with Crippen LogP contribution in [0.25, 0.3) is 0 Å². The molecule has 98 valence electrons. The fraction of sp³-hybridized carbons (Fsp3) is 0.692. The van der Waals surface area contributed by atoms with Gasteiger partial charge in [-0.3, -0.25) is 9.69 Å². The van der Waals surface area contributed by atoms with Gasteiger partial charge in [0.2, 0.25) is 0 Å². The lowest BCUT2D eigenvalue weighted by Crippen LogP contribution is -2.42. The molecule has 5 heteroatoms. The van der Waals surface area contributed by atoms with Crippen molar-refractivity contribution >= 4 is 17.1 Å². The highest BCUT2D eigenvalue weighted by molar-refractivity contribution is 7.13. The minimum absolute atomic E-state index is 0.0520. The van der Waals surface area contributed by atoms with Crippen LogP contribution in [-0.4, -0.2) is 41.4 Å². The summed E-state index contributed by atoms with van der Waals surface area (Å²) in [5, 5.41) is 0.961. The smallest absolute Gasteiger partial charge is 0.171 e. The van der Waals surface area contributed by atoms with E-state index in [0.29, 0.717) is 6.04 Å². The lowest BCUT2D eigenvalue weighted by molar-refractivity contribution is -0.0502. The van der Waals surface area contributed by atoms with Crippen LogP contribution in [0.2, 0.25) is 0 Å². The molecule has 1 aromatic heterocycles. The predicted octanol–water partition coefficient (Wildman–Crippen LogP) is 2.19. The maximum absolute atomic E-state index is 11.5. The van der Waals surface area contributed by atoms with Crippen molar-refractivity contribution in [3.8, 4) is 0 Å². The van der Waals surface area contributed by atoms with Crippen LogP contribution >= 0.6 is 11.3 Å². The van der Waals surface area contributed by atoms with Crippen LogP contribution in [0.3, 0.4) is 0 Å². The Labute approximate surface area is 111 Å². The fourth-order valence-corrected chi connectivity index (χ4v) is 3.85. The maximum atomic E-state index is 11.5. The number of hydrogen-bond acceptors (Lipinski definition) is 5. The van der Waals surface area contributed by atoms with Gasteiger partial charge in [0.15, 0.2) is 5.78 Å². The molecular weight excluding hydrogens is 248 g/mol. The molecule has 0 spiro atoms. The summed E-state index contributed by atoms with van der Waals surface area (Å²) in [5.41, 5.74) is 0.842. The van der Waals surface area contributed by atoms with Crippen LogP contribution in [0.1, 0.15) is 46.2 Å². The van der Waals surface area contributed by atoms with Gasteiger partial charge in [0.05, 0.1) is 17.2 Å². The molecule has 4 nitrogen and oxygen atoms in total. The number of aryl methyl sites for hydroxylation is 1. The largest absolute Gasteiger partial charge is 0.368 e. The van der Waals surface area contributed by atoms with Crippen LogP contribution in [0.5, 0.6) is 0 Å². The van der Waals surface area contributed by atoms with Crippen molar-refractivity contribution in [1.82, 2.24) is 9.88 Å². The summed E-state index contributed by atoms with van der Waals surface area (Å²) < 4.78 is 5.92. The third-order valence-corrected chi connectivity index (χ3v) is 5.15. The standard InChI is InChI=1S/C13H18N2O2S/c1-8-12(9(2)16)18-13(14-8)11-6-15-5-3-4-10(15)7-17-11/h10-11H,3-7H2,1-2H3/t10-,11-/m0/s1. The molecule has 3 rings (SSSR count). The Morgan fingerprint density at radius 1 is 1.56 bits per heavy atom. The predicted molar refractivity (Wildman–Crippen MR) is 70.1 cm³/mol. The molecule has 2 fully saturated rings. The number of Topliss-reactive ketones (excluding diaryl/α,β-unsaturated/α-hetero) is 1. The summed E-state index contributed by atoms with van der Waals surface area (Å²) in [4.78, 5) is 19.3. The topological polar surface area (TPSA) is 42.4 Å². The molecule has 0 bridgehead atoms. The molecule has 2 aliphatic heterocycles. The second-order valence-corrected chi connectivity index (χ2v) is 6.17. The van der Waals surface area contributed by atoms with Gasteiger partial charge in [-0.05, 0) is 26.3 Å². The maximum Gasteiger partial charge on any atom is 0.171 e. The SMILES string of the molecule is CC(=O)c1sc([C@@H]2CN3CCC[C@H]3CO2)nc1C. The normalized spacial score (nSPS) is 28.3. The highest BCUT2D eigenvalue weighted by atomic mass is 32.1. The molecule has 2 atom stereocenters. The van der Waals surface area contributed by atoms with Crippen LogP contribution < -0.4 is 0 Å². The number of aromatic nitrogens is 1. The molecule has 0 saturated carbocycles. The van der Waals surface area contributed by atoms with Crippen molar-refractivity contribution in [1.29, 1.82) is 0 Å².